The van der Waals surface area contributed by atoms with E-state index in [1.165, 1.54) is 6.33 Å². The topological polar surface area (TPSA) is 165 Å². The fourth-order valence-electron chi connectivity index (χ4n) is 6.13. The van der Waals surface area contributed by atoms with Gasteiger partial charge >= 0.3 is 12.0 Å². The number of imidazole rings is 1. The minimum Gasteiger partial charge on any atom is -0.463 e. The molecule has 6 heterocycles. The van der Waals surface area contributed by atoms with Gasteiger partial charge in [-0.25, -0.2) is 19.7 Å². The van der Waals surface area contributed by atoms with Crippen LogP contribution < -0.4 is 16.4 Å². The minimum atomic E-state index is -0.816. The summed E-state index contributed by atoms with van der Waals surface area (Å²) >= 11 is 1.87. The number of nitrogens with one attached hydrogen (secondary N) is 2. The molecule has 0 saturated carbocycles. The highest BCUT2D eigenvalue weighted by Crippen LogP contribution is 2.47. The van der Waals surface area contributed by atoms with Crippen LogP contribution >= 0.6 is 11.8 Å². The normalized spacial score (nSPS) is 36.5. The van der Waals surface area contributed by atoms with Crippen molar-refractivity contribution in [2.24, 2.45) is 0 Å². The number of anilines is 1. The van der Waals surface area contributed by atoms with Crippen molar-refractivity contribution in [1.29, 1.82) is 0 Å². The summed E-state index contributed by atoms with van der Waals surface area (Å²) in [6.45, 7) is 7.93. The Bertz CT molecular complexity index is 1290. The molecule has 7 atom stereocenters. The van der Waals surface area contributed by atoms with Gasteiger partial charge in [-0.05, 0) is 40.5 Å². The number of esters is 1. The predicted octanol–water partition coefficient (Wildman–Crippen LogP) is 1.88. The Hall–Kier alpha value is -2.68. The van der Waals surface area contributed by atoms with Crippen molar-refractivity contribution in [3.05, 3.63) is 12.7 Å². The molecule has 0 bridgehead atoms. The molecule has 2 aromatic heterocycles. The summed E-state index contributed by atoms with van der Waals surface area (Å²) in [5, 5.41) is 6.48. The average Bonchev–Trinajstić information content (AvgIpc) is 3.61. The fraction of sp³-hybridized carbons (Fsp3) is 0.720. The molecule has 2 amide bonds. The summed E-state index contributed by atoms with van der Waals surface area (Å²) < 4.78 is 25.9. The smallest absolute Gasteiger partial charge is 0.315 e. The summed E-state index contributed by atoms with van der Waals surface area (Å²) in [6, 6.07) is -0.105. The lowest BCUT2D eigenvalue weighted by Crippen LogP contribution is -2.58. The molecule has 212 valence electrons. The molecule has 1 unspecified atom stereocenters. The van der Waals surface area contributed by atoms with E-state index in [1.54, 1.807) is 10.9 Å². The third kappa shape index (κ3) is 4.50. The van der Waals surface area contributed by atoms with Crippen molar-refractivity contribution in [2.45, 2.75) is 100 Å². The third-order valence-electron chi connectivity index (χ3n) is 8.42. The van der Waals surface area contributed by atoms with E-state index in [2.05, 4.69) is 39.4 Å². The molecule has 6 rings (SSSR count). The van der Waals surface area contributed by atoms with Crippen molar-refractivity contribution in [1.82, 2.24) is 30.2 Å². The monoisotopic (exact) mass is 561 g/mol. The first kappa shape index (κ1) is 26.5. The molecule has 14 heteroatoms. The molecule has 4 fully saturated rings. The fourth-order valence-corrected chi connectivity index (χ4v) is 8.03. The first-order valence-corrected chi connectivity index (χ1v) is 14.4. The molecule has 4 aliphatic heterocycles. The maximum atomic E-state index is 12.6. The number of nitrogen functional groups attached to an aromatic ring is 1. The SMILES string of the molecule is CC1(C)O[C@@H]2[C@H](O1)[C@@H](COC(=O)CCCCC1SC[C@]3(C)NC(=O)N[C@]13C)O[C@H]2n1cnc2c(N)ncnc21. The van der Waals surface area contributed by atoms with E-state index in [1.807, 2.05) is 25.6 Å². The number of unbranched alkanes of at least 4 members (excludes halogenated alkanes) is 1. The van der Waals surface area contributed by atoms with Crippen LogP contribution in [0.1, 0.15) is 59.6 Å². The predicted molar refractivity (Wildman–Crippen MR) is 142 cm³/mol. The van der Waals surface area contributed by atoms with E-state index in [0.717, 1.165) is 18.6 Å². The highest BCUT2D eigenvalue weighted by atomic mass is 32.2. The molecule has 0 spiro atoms. The van der Waals surface area contributed by atoms with Crippen LogP contribution in [-0.4, -0.2) is 84.3 Å². The maximum Gasteiger partial charge on any atom is 0.315 e. The number of nitrogens with two attached hydrogens (primary N) is 1. The van der Waals surface area contributed by atoms with Gasteiger partial charge in [-0.2, -0.15) is 11.8 Å². The molecule has 39 heavy (non-hydrogen) atoms. The number of carbonyl (C=O) groups is 2. The number of hydrogen-bond donors (Lipinski definition) is 3. The van der Waals surface area contributed by atoms with Gasteiger partial charge in [0.25, 0.3) is 0 Å². The van der Waals surface area contributed by atoms with E-state index in [9.17, 15) is 9.59 Å². The zero-order valence-electron chi connectivity index (χ0n) is 22.5. The maximum absolute atomic E-state index is 12.6. The zero-order valence-corrected chi connectivity index (χ0v) is 23.3. The molecule has 0 radical (unpaired) electrons. The summed E-state index contributed by atoms with van der Waals surface area (Å²) in [5.41, 5.74) is 6.41. The van der Waals surface area contributed by atoms with Crippen LogP contribution in [0.15, 0.2) is 12.7 Å². The van der Waals surface area contributed by atoms with Gasteiger partial charge in [0.15, 0.2) is 23.5 Å². The molecule has 13 nitrogen and oxygen atoms in total. The standard InChI is InChI=1S/C25H35N7O6S/c1-23(2)37-17-13(36-21(18(17)38-23)32-12-29-16-19(26)27-11-28-20(16)32)9-35-15(33)8-6-5-7-14-25(4)24(3,10-39-14)30-22(34)31-25/h11-14,17-18,21H,5-10H2,1-4H3,(H2,26,27,28)(H2,30,31,34)/t13-,14?,17-,18-,21-,24+,25-/m1/s1. The quantitative estimate of drug-likeness (QED) is 0.245. The number of urea groups is 1. The first-order chi connectivity index (χ1) is 18.5. The lowest BCUT2D eigenvalue weighted by atomic mass is 9.79. The number of ether oxygens (including phenoxy) is 4. The molecular formula is C25H35N7O6S. The molecule has 2 aromatic rings. The Morgan fingerprint density at radius 3 is 2.79 bits per heavy atom. The van der Waals surface area contributed by atoms with Crippen LogP contribution in [-0.2, 0) is 23.7 Å². The van der Waals surface area contributed by atoms with Gasteiger partial charge in [0.05, 0.1) is 17.4 Å². The second-order valence-electron chi connectivity index (χ2n) is 11.6. The van der Waals surface area contributed by atoms with Gasteiger partial charge in [-0.1, -0.05) is 6.42 Å². The number of fused-ring (bicyclic) bond motifs is 3. The van der Waals surface area contributed by atoms with Crippen LogP contribution in [0.4, 0.5) is 10.6 Å². The number of rotatable bonds is 8. The van der Waals surface area contributed by atoms with Gasteiger partial charge in [0, 0.05) is 17.4 Å². The van der Waals surface area contributed by atoms with E-state index < -0.39 is 30.3 Å². The first-order valence-electron chi connectivity index (χ1n) is 13.3. The van der Waals surface area contributed by atoms with Crippen LogP contribution in [0.5, 0.6) is 0 Å². The van der Waals surface area contributed by atoms with Gasteiger partial charge in [-0.15, -0.1) is 0 Å². The van der Waals surface area contributed by atoms with Crippen LogP contribution in [0.2, 0.25) is 0 Å². The van der Waals surface area contributed by atoms with Gasteiger partial charge in [0.1, 0.15) is 36.8 Å². The van der Waals surface area contributed by atoms with E-state index in [0.29, 0.717) is 29.3 Å². The summed E-state index contributed by atoms with van der Waals surface area (Å²) in [5.74, 6) is 0.0546. The highest BCUT2D eigenvalue weighted by Gasteiger charge is 2.60. The summed E-state index contributed by atoms with van der Waals surface area (Å²) in [6.07, 6.45) is 3.79. The second-order valence-corrected chi connectivity index (χ2v) is 12.7. The van der Waals surface area contributed by atoms with Crippen molar-refractivity contribution < 1.29 is 28.5 Å². The summed E-state index contributed by atoms with van der Waals surface area (Å²) in [4.78, 5) is 37.2. The van der Waals surface area contributed by atoms with E-state index >= 15 is 0 Å². The lowest BCUT2D eigenvalue weighted by Gasteiger charge is -2.35. The van der Waals surface area contributed by atoms with E-state index in [-0.39, 0.29) is 35.5 Å². The third-order valence-corrected chi connectivity index (χ3v) is 10.3. The average molecular weight is 562 g/mol. The Kier molecular flexibility index (Phi) is 6.44. The van der Waals surface area contributed by atoms with Crippen molar-refractivity contribution in [3.8, 4) is 0 Å². The Balaban J connectivity index is 1.03. The molecule has 0 aliphatic carbocycles. The van der Waals surface area contributed by atoms with Crippen molar-refractivity contribution in [2.75, 3.05) is 18.1 Å². The molecule has 4 saturated heterocycles. The Morgan fingerprint density at radius 1 is 1.18 bits per heavy atom. The Morgan fingerprint density at radius 2 is 1.97 bits per heavy atom. The van der Waals surface area contributed by atoms with Crippen molar-refractivity contribution >= 4 is 40.7 Å². The Labute approximate surface area is 230 Å². The number of hydrogen-bond acceptors (Lipinski definition) is 11. The number of carbonyl (C=O) groups excluding carboxylic acids is 2. The lowest BCUT2D eigenvalue weighted by molar-refractivity contribution is -0.202. The number of thioether (sulfide) groups is 1. The van der Waals surface area contributed by atoms with Gasteiger partial charge < -0.3 is 35.3 Å². The van der Waals surface area contributed by atoms with Gasteiger partial charge in [0.2, 0.25) is 0 Å². The molecular weight excluding hydrogens is 526 g/mol. The zero-order chi connectivity index (χ0) is 27.6. The number of nitrogens with zero attached hydrogens (tertiary/aromatic N) is 4. The van der Waals surface area contributed by atoms with Crippen LogP contribution in [0, 0.1) is 0 Å². The van der Waals surface area contributed by atoms with Crippen molar-refractivity contribution in [3.63, 3.8) is 0 Å². The number of amides is 2. The summed E-state index contributed by atoms with van der Waals surface area (Å²) in [7, 11) is 0. The second kappa shape index (κ2) is 9.46. The minimum absolute atomic E-state index is 0.0479. The number of aromatic nitrogens is 4. The molecule has 0 aromatic carbocycles. The highest BCUT2D eigenvalue weighted by molar-refractivity contribution is 8.00. The molecule has 4 aliphatic rings. The van der Waals surface area contributed by atoms with Crippen LogP contribution in [0.3, 0.4) is 0 Å². The van der Waals surface area contributed by atoms with E-state index in [4.69, 9.17) is 24.7 Å². The largest absolute Gasteiger partial charge is 0.463 e. The molecule has 4 N–H and O–H groups in total. The van der Waals surface area contributed by atoms with Gasteiger partial charge in [-0.3, -0.25) is 9.36 Å². The van der Waals surface area contributed by atoms with Crippen LogP contribution in [0.25, 0.3) is 11.2 Å².